The first-order valence-corrected chi connectivity index (χ1v) is 7.38. The zero-order valence-corrected chi connectivity index (χ0v) is 12.8. The van der Waals surface area contributed by atoms with E-state index in [1.54, 1.807) is 0 Å². The standard InChI is InChI=1S/C17H28N2/c1-13-5-7-14(8-6-13)11-19(4)12-15-9-10-17(2,3)16(15)18/h5-8,15-16H,9-12,18H2,1-4H3. The van der Waals surface area contributed by atoms with Crippen LogP contribution in [0, 0.1) is 18.3 Å². The molecular weight excluding hydrogens is 232 g/mol. The number of hydrogen-bond acceptors (Lipinski definition) is 2. The molecule has 0 radical (unpaired) electrons. The van der Waals surface area contributed by atoms with Crippen molar-refractivity contribution < 1.29 is 0 Å². The fraction of sp³-hybridized carbons (Fsp3) is 0.647. The van der Waals surface area contributed by atoms with Gasteiger partial charge in [-0.3, -0.25) is 0 Å². The smallest absolute Gasteiger partial charge is 0.0230 e. The topological polar surface area (TPSA) is 29.3 Å². The van der Waals surface area contributed by atoms with Gasteiger partial charge in [-0.25, -0.2) is 0 Å². The van der Waals surface area contributed by atoms with E-state index < -0.39 is 0 Å². The third-order valence-corrected chi connectivity index (χ3v) is 4.69. The monoisotopic (exact) mass is 260 g/mol. The van der Waals surface area contributed by atoms with Gasteiger partial charge < -0.3 is 10.6 Å². The molecular formula is C17H28N2. The Morgan fingerprint density at radius 1 is 1.26 bits per heavy atom. The predicted octanol–water partition coefficient (Wildman–Crippen LogP) is 3.19. The summed E-state index contributed by atoms with van der Waals surface area (Å²) in [5.74, 6) is 0.644. The van der Waals surface area contributed by atoms with Gasteiger partial charge >= 0.3 is 0 Å². The van der Waals surface area contributed by atoms with E-state index in [1.165, 1.54) is 24.0 Å². The summed E-state index contributed by atoms with van der Waals surface area (Å²) >= 11 is 0. The van der Waals surface area contributed by atoms with Gasteiger partial charge in [-0.2, -0.15) is 0 Å². The van der Waals surface area contributed by atoms with E-state index in [-0.39, 0.29) is 0 Å². The maximum atomic E-state index is 6.39. The molecule has 19 heavy (non-hydrogen) atoms. The Morgan fingerprint density at radius 2 is 1.89 bits per heavy atom. The van der Waals surface area contributed by atoms with Gasteiger partial charge in [0.15, 0.2) is 0 Å². The van der Waals surface area contributed by atoms with E-state index in [9.17, 15) is 0 Å². The highest BCUT2D eigenvalue weighted by Crippen LogP contribution is 2.40. The zero-order valence-electron chi connectivity index (χ0n) is 12.8. The summed E-state index contributed by atoms with van der Waals surface area (Å²) in [4.78, 5) is 2.41. The number of nitrogens with two attached hydrogens (primary N) is 1. The third-order valence-electron chi connectivity index (χ3n) is 4.69. The molecule has 0 spiro atoms. The first-order chi connectivity index (χ1) is 8.88. The summed E-state index contributed by atoms with van der Waals surface area (Å²) < 4.78 is 0. The van der Waals surface area contributed by atoms with E-state index >= 15 is 0 Å². The van der Waals surface area contributed by atoms with Crippen molar-refractivity contribution in [2.45, 2.75) is 46.2 Å². The van der Waals surface area contributed by atoms with Gasteiger partial charge in [0.1, 0.15) is 0 Å². The fourth-order valence-corrected chi connectivity index (χ4v) is 3.22. The van der Waals surface area contributed by atoms with Crippen LogP contribution in [0.4, 0.5) is 0 Å². The Morgan fingerprint density at radius 3 is 2.42 bits per heavy atom. The van der Waals surface area contributed by atoms with Gasteiger partial charge in [0.25, 0.3) is 0 Å². The van der Waals surface area contributed by atoms with Crippen molar-refractivity contribution in [3.8, 4) is 0 Å². The highest BCUT2D eigenvalue weighted by atomic mass is 15.1. The lowest BCUT2D eigenvalue weighted by atomic mass is 9.85. The number of hydrogen-bond donors (Lipinski definition) is 1. The zero-order chi connectivity index (χ0) is 14.0. The first-order valence-electron chi connectivity index (χ1n) is 7.38. The van der Waals surface area contributed by atoms with Crippen molar-refractivity contribution in [2.75, 3.05) is 13.6 Å². The van der Waals surface area contributed by atoms with Gasteiger partial charge in [0.05, 0.1) is 0 Å². The minimum absolute atomic E-state index is 0.315. The van der Waals surface area contributed by atoms with E-state index in [0.29, 0.717) is 17.4 Å². The van der Waals surface area contributed by atoms with Crippen LogP contribution in [0.15, 0.2) is 24.3 Å². The van der Waals surface area contributed by atoms with Crippen molar-refractivity contribution in [1.82, 2.24) is 4.90 Å². The van der Waals surface area contributed by atoms with Crippen LogP contribution in [0.2, 0.25) is 0 Å². The molecule has 1 aliphatic carbocycles. The fourth-order valence-electron chi connectivity index (χ4n) is 3.22. The average molecular weight is 260 g/mol. The van der Waals surface area contributed by atoms with Gasteiger partial charge in [0.2, 0.25) is 0 Å². The van der Waals surface area contributed by atoms with Crippen LogP contribution in [-0.2, 0) is 6.54 Å². The van der Waals surface area contributed by atoms with Crippen molar-refractivity contribution in [3.63, 3.8) is 0 Å². The summed E-state index contributed by atoms with van der Waals surface area (Å²) in [6.45, 7) is 8.87. The molecule has 0 amide bonds. The maximum absolute atomic E-state index is 6.39. The Labute approximate surface area is 118 Å². The maximum Gasteiger partial charge on any atom is 0.0230 e. The second kappa shape index (κ2) is 5.64. The summed E-state index contributed by atoms with van der Waals surface area (Å²) in [5.41, 5.74) is 9.42. The summed E-state index contributed by atoms with van der Waals surface area (Å²) in [5, 5.41) is 0. The summed E-state index contributed by atoms with van der Waals surface area (Å²) in [7, 11) is 2.21. The SMILES string of the molecule is Cc1ccc(CN(C)CC2CCC(C)(C)C2N)cc1. The molecule has 2 atom stereocenters. The molecule has 0 saturated heterocycles. The molecule has 2 heteroatoms. The molecule has 2 rings (SSSR count). The molecule has 1 aromatic rings. The normalized spacial score (nSPS) is 26.0. The lowest BCUT2D eigenvalue weighted by molar-refractivity contribution is 0.229. The van der Waals surface area contributed by atoms with Crippen molar-refractivity contribution in [3.05, 3.63) is 35.4 Å². The molecule has 1 aromatic carbocycles. The molecule has 0 bridgehead atoms. The Kier molecular flexibility index (Phi) is 4.32. The number of rotatable bonds is 4. The van der Waals surface area contributed by atoms with E-state index in [2.05, 4.69) is 57.0 Å². The molecule has 1 fully saturated rings. The van der Waals surface area contributed by atoms with Crippen LogP contribution in [0.1, 0.15) is 37.8 Å². The van der Waals surface area contributed by atoms with Gasteiger partial charge in [-0.1, -0.05) is 43.7 Å². The van der Waals surface area contributed by atoms with E-state index in [1.807, 2.05) is 0 Å². The predicted molar refractivity (Wildman–Crippen MR) is 82.0 cm³/mol. The quantitative estimate of drug-likeness (QED) is 0.901. The van der Waals surface area contributed by atoms with Crippen LogP contribution in [-0.4, -0.2) is 24.5 Å². The first kappa shape index (κ1) is 14.5. The highest BCUT2D eigenvalue weighted by Gasteiger charge is 2.39. The Hall–Kier alpha value is -0.860. The largest absolute Gasteiger partial charge is 0.327 e. The lowest BCUT2D eigenvalue weighted by Gasteiger charge is -2.29. The van der Waals surface area contributed by atoms with Crippen molar-refractivity contribution >= 4 is 0 Å². The molecule has 2 nitrogen and oxygen atoms in total. The molecule has 2 unspecified atom stereocenters. The van der Waals surface area contributed by atoms with Crippen LogP contribution >= 0.6 is 0 Å². The highest BCUT2D eigenvalue weighted by molar-refractivity contribution is 5.21. The Balaban J connectivity index is 1.88. The molecule has 0 aliphatic heterocycles. The van der Waals surface area contributed by atoms with Gasteiger partial charge in [0, 0.05) is 19.1 Å². The minimum Gasteiger partial charge on any atom is -0.327 e. The van der Waals surface area contributed by atoms with Gasteiger partial charge in [-0.15, -0.1) is 0 Å². The van der Waals surface area contributed by atoms with Crippen molar-refractivity contribution in [2.24, 2.45) is 17.1 Å². The average Bonchev–Trinajstić information content (AvgIpc) is 2.59. The third kappa shape index (κ3) is 3.58. The summed E-state index contributed by atoms with van der Waals surface area (Å²) in [6.07, 6.45) is 2.53. The molecule has 2 N–H and O–H groups in total. The number of aryl methyl sites for hydroxylation is 1. The lowest BCUT2D eigenvalue weighted by Crippen LogP contribution is -2.41. The van der Waals surface area contributed by atoms with Crippen LogP contribution in [0.5, 0.6) is 0 Å². The van der Waals surface area contributed by atoms with Crippen LogP contribution in [0.25, 0.3) is 0 Å². The number of nitrogens with zero attached hydrogens (tertiary/aromatic N) is 1. The Bertz CT molecular complexity index is 408. The summed E-state index contributed by atoms with van der Waals surface area (Å²) in [6, 6.07) is 9.17. The van der Waals surface area contributed by atoms with E-state index in [4.69, 9.17) is 5.73 Å². The molecule has 0 aromatic heterocycles. The molecule has 0 heterocycles. The molecule has 1 aliphatic rings. The van der Waals surface area contributed by atoms with Crippen LogP contribution < -0.4 is 5.73 Å². The van der Waals surface area contributed by atoms with Crippen molar-refractivity contribution in [1.29, 1.82) is 0 Å². The second-order valence-electron chi connectivity index (χ2n) is 7.00. The van der Waals surface area contributed by atoms with Crippen LogP contribution in [0.3, 0.4) is 0 Å². The van der Waals surface area contributed by atoms with Gasteiger partial charge in [-0.05, 0) is 43.7 Å². The minimum atomic E-state index is 0.315. The van der Waals surface area contributed by atoms with E-state index in [0.717, 1.165) is 13.1 Å². The second-order valence-corrected chi connectivity index (χ2v) is 7.00. The molecule has 106 valence electrons. The molecule has 1 saturated carbocycles. The number of benzene rings is 1.